The molecule has 0 radical (unpaired) electrons. The van der Waals surface area contributed by atoms with Gasteiger partial charge in [0.15, 0.2) is 0 Å². The van der Waals surface area contributed by atoms with Gasteiger partial charge in [-0.1, -0.05) is 12.1 Å². The van der Waals surface area contributed by atoms with Gasteiger partial charge >= 0.3 is 6.09 Å². The van der Waals surface area contributed by atoms with E-state index in [9.17, 15) is 19.4 Å². The normalized spacial score (nSPS) is 32.4. The molecule has 1 aliphatic heterocycles. The molecular formula is C21H30FNO4. The molecule has 1 heterocycles. The summed E-state index contributed by atoms with van der Waals surface area (Å²) in [5, 5.41) is 20.7. The summed E-state index contributed by atoms with van der Waals surface area (Å²) >= 11 is 0. The summed E-state index contributed by atoms with van der Waals surface area (Å²) in [6, 6.07) is 5.24. The number of ether oxygens (including phenoxy) is 1. The molecule has 5 nitrogen and oxygen atoms in total. The summed E-state index contributed by atoms with van der Waals surface area (Å²) in [6.07, 6.45) is 4.47. The van der Waals surface area contributed by atoms with Crippen LogP contribution in [0.25, 0.3) is 0 Å². The van der Waals surface area contributed by atoms with Crippen LogP contribution in [0.2, 0.25) is 0 Å². The minimum atomic E-state index is -1.03. The molecule has 1 aromatic carbocycles. The first kappa shape index (κ1) is 20.1. The van der Waals surface area contributed by atoms with Crippen molar-refractivity contribution in [2.75, 3.05) is 7.11 Å². The van der Waals surface area contributed by atoms with Gasteiger partial charge in [-0.25, -0.2) is 9.18 Å². The number of nitrogens with zero attached hydrogens (tertiary/aromatic N) is 1. The molecule has 2 aliphatic rings. The molecular weight excluding hydrogens is 349 g/mol. The molecule has 2 fully saturated rings. The van der Waals surface area contributed by atoms with Crippen LogP contribution in [0.5, 0.6) is 0 Å². The van der Waals surface area contributed by atoms with Crippen LogP contribution in [0.4, 0.5) is 9.18 Å². The van der Waals surface area contributed by atoms with Gasteiger partial charge in [-0.2, -0.15) is 0 Å². The Kier molecular flexibility index (Phi) is 6.06. The lowest BCUT2D eigenvalue weighted by Crippen LogP contribution is -2.51. The van der Waals surface area contributed by atoms with E-state index in [0.29, 0.717) is 30.4 Å². The van der Waals surface area contributed by atoms with E-state index in [-0.39, 0.29) is 0 Å². The average Bonchev–Trinajstić information content (AvgIpc) is 2.99. The lowest BCUT2D eigenvalue weighted by Gasteiger charge is -2.41. The van der Waals surface area contributed by atoms with E-state index in [0.717, 1.165) is 32.1 Å². The van der Waals surface area contributed by atoms with Crippen molar-refractivity contribution in [2.45, 2.75) is 75.7 Å². The fourth-order valence-corrected chi connectivity index (χ4v) is 5.09. The average molecular weight is 379 g/mol. The number of rotatable bonds is 5. The summed E-state index contributed by atoms with van der Waals surface area (Å²) in [5.41, 5.74) is -0.0776. The first-order chi connectivity index (χ1) is 12.8. The van der Waals surface area contributed by atoms with E-state index in [4.69, 9.17) is 4.74 Å². The topological polar surface area (TPSA) is 70.0 Å². The van der Waals surface area contributed by atoms with Crippen molar-refractivity contribution in [1.29, 1.82) is 0 Å². The fourth-order valence-electron chi connectivity index (χ4n) is 5.09. The fraction of sp³-hybridized carbons (Fsp3) is 0.667. The van der Waals surface area contributed by atoms with Crippen molar-refractivity contribution in [2.24, 2.45) is 5.92 Å². The Labute approximate surface area is 160 Å². The number of hydrogen-bond donors (Lipinski definition) is 2. The summed E-state index contributed by atoms with van der Waals surface area (Å²) < 4.78 is 19.0. The SMILES string of the molecule is COC1CCC(CC2(C)CCC([C@@H](O)c3cccc(F)c3)N2C(=O)O)CC1. The number of likely N-dealkylation sites (tertiary alicyclic amines) is 1. The van der Waals surface area contributed by atoms with Crippen LogP contribution < -0.4 is 0 Å². The molecule has 2 unspecified atom stereocenters. The smallest absolute Gasteiger partial charge is 0.408 e. The van der Waals surface area contributed by atoms with Gasteiger partial charge in [0, 0.05) is 12.6 Å². The monoisotopic (exact) mass is 379 g/mol. The van der Waals surface area contributed by atoms with Crippen molar-refractivity contribution in [1.82, 2.24) is 4.90 Å². The van der Waals surface area contributed by atoms with Crippen LogP contribution in [0.15, 0.2) is 24.3 Å². The number of methoxy groups -OCH3 is 1. The second-order valence-electron chi connectivity index (χ2n) is 8.34. The highest BCUT2D eigenvalue weighted by atomic mass is 19.1. The first-order valence-electron chi connectivity index (χ1n) is 9.82. The maximum absolute atomic E-state index is 13.5. The highest BCUT2D eigenvalue weighted by Gasteiger charge is 2.49. The number of halogens is 1. The van der Waals surface area contributed by atoms with E-state index in [1.54, 1.807) is 19.2 Å². The molecule has 1 amide bonds. The van der Waals surface area contributed by atoms with Crippen LogP contribution >= 0.6 is 0 Å². The second kappa shape index (κ2) is 8.15. The number of aliphatic hydroxyl groups excluding tert-OH is 1. The van der Waals surface area contributed by atoms with Gasteiger partial charge in [-0.05, 0) is 75.5 Å². The largest absolute Gasteiger partial charge is 0.465 e. The molecule has 2 N–H and O–H groups in total. The van der Waals surface area contributed by atoms with Gasteiger partial charge in [0.2, 0.25) is 0 Å². The zero-order valence-electron chi connectivity index (χ0n) is 16.1. The van der Waals surface area contributed by atoms with Crippen LogP contribution in [0.3, 0.4) is 0 Å². The molecule has 3 atom stereocenters. The predicted octanol–water partition coefficient (Wildman–Crippen LogP) is 4.36. The van der Waals surface area contributed by atoms with Crippen LogP contribution in [0, 0.1) is 11.7 Å². The van der Waals surface area contributed by atoms with E-state index >= 15 is 0 Å². The number of carbonyl (C=O) groups is 1. The van der Waals surface area contributed by atoms with Crippen molar-refractivity contribution in [3.63, 3.8) is 0 Å². The highest BCUT2D eigenvalue weighted by molar-refractivity contribution is 5.67. The second-order valence-corrected chi connectivity index (χ2v) is 8.34. The predicted molar refractivity (Wildman–Crippen MR) is 100 cm³/mol. The van der Waals surface area contributed by atoms with E-state index in [1.165, 1.54) is 17.0 Å². The zero-order valence-corrected chi connectivity index (χ0v) is 16.1. The van der Waals surface area contributed by atoms with Crippen LogP contribution in [0.1, 0.15) is 63.5 Å². The van der Waals surface area contributed by atoms with Gasteiger partial charge in [-0.3, -0.25) is 4.90 Å². The molecule has 0 aromatic heterocycles. The van der Waals surface area contributed by atoms with Crippen molar-refractivity contribution < 1.29 is 24.1 Å². The third kappa shape index (κ3) is 4.27. The van der Waals surface area contributed by atoms with Gasteiger partial charge in [0.25, 0.3) is 0 Å². The minimum Gasteiger partial charge on any atom is -0.465 e. The standard InChI is InChI=1S/C21H30FNO4/c1-21(13-14-6-8-17(27-2)9-7-14)11-10-18(23(21)20(25)26)19(24)15-4-3-5-16(22)12-15/h3-5,12,14,17-19,24H,6-11,13H2,1-2H3,(H,25,26)/t14?,17?,18?,19-,21?/m0/s1. The lowest BCUT2D eigenvalue weighted by atomic mass is 9.78. The summed E-state index contributed by atoms with van der Waals surface area (Å²) in [4.78, 5) is 13.5. The lowest BCUT2D eigenvalue weighted by molar-refractivity contribution is 0.0128. The number of carboxylic acid groups (broad SMARTS) is 1. The Bertz CT molecular complexity index is 661. The Morgan fingerprint density at radius 2 is 2.04 bits per heavy atom. The number of amides is 1. The Morgan fingerprint density at radius 1 is 1.33 bits per heavy atom. The molecule has 150 valence electrons. The Balaban J connectivity index is 1.74. The molecule has 0 bridgehead atoms. The quantitative estimate of drug-likeness (QED) is 0.798. The zero-order chi connectivity index (χ0) is 19.6. The Hall–Kier alpha value is -1.66. The van der Waals surface area contributed by atoms with E-state index in [2.05, 4.69) is 0 Å². The molecule has 0 spiro atoms. The molecule has 1 saturated heterocycles. The summed E-state index contributed by atoms with van der Waals surface area (Å²) in [7, 11) is 1.74. The van der Waals surface area contributed by atoms with E-state index < -0.39 is 29.6 Å². The molecule has 1 aromatic rings. The number of benzene rings is 1. The Morgan fingerprint density at radius 3 is 2.63 bits per heavy atom. The van der Waals surface area contributed by atoms with Gasteiger partial charge in [-0.15, -0.1) is 0 Å². The molecule has 6 heteroatoms. The third-order valence-corrected chi connectivity index (χ3v) is 6.51. The van der Waals surface area contributed by atoms with Crippen LogP contribution in [-0.2, 0) is 4.74 Å². The maximum Gasteiger partial charge on any atom is 0.408 e. The number of aliphatic hydroxyl groups is 1. The summed E-state index contributed by atoms with van der Waals surface area (Å²) in [6.45, 7) is 1.99. The minimum absolute atomic E-state index is 0.316. The molecule has 1 aliphatic carbocycles. The third-order valence-electron chi connectivity index (χ3n) is 6.51. The maximum atomic E-state index is 13.5. The van der Waals surface area contributed by atoms with Gasteiger partial charge in [0.1, 0.15) is 5.82 Å². The highest BCUT2D eigenvalue weighted by Crippen LogP contribution is 2.45. The van der Waals surface area contributed by atoms with Gasteiger partial charge < -0.3 is 14.9 Å². The molecule has 1 saturated carbocycles. The molecule has 27 heavy (non-hydrogen) atoms. The van der Waals surface area contributed by atoms with Crippen molar-refractivity contribution >= 4 is 6.09 Å². The number of hydrogen-bond acceptors (Lipinski definition) is 3. The van der Waals surface area contributed by atoms with E-state index in [1.807, 2.05) is 6.92 Å². The molecule has 3 rings (SSSR count). The summed E-state index contributed by atoms with van der Waals surface area (Å²) in [5.74, 6) is 0.0393. The van der Waals surface area contributed by atoms with Crippen LogP contribution in [-0.4, -0.2) is 46.0 Å². The van der Waals surface area contributed by atoms with Crippen molar-refractivity contribution in [3.05, 3.63) is 35.6 Å². The first-order valence-corrected chi connectivity index (χ1v) is 9.82. The van der Waals surface area contributed by atoms with Gasteiger partial charge in [0.05, 0.1) is 18.2 Å². The van der Waals surface area contributed by atoms with Crippen molar-refractivity contribution in [3.8, 4) is 0 Å².